The van der Waals surface area contributed by atoms with Crippen molar-refractivity contribution in [3.05, 3.63) is 42.5 Å². The van der Waals surface area contributed by atoms with Gasteiger partial charge in [-0.3, -0.25) is 4.79 Å². The number of hydrogen-bond acceptors (Lipinski definition) is 7. The summed E-state index contributed by atoms with van der Waals surface area (Å²) in [6.07, 6.45) is -0.177. The molecule has 0 aliphatic heterocycles. The molecule has 0 heterocycles. The third kappa shape index (κ3) is 6.42. The van der Waals surface area contributed by atoms with Crippen molar-refractivity contribution in [2.45, 2.75) is 23.1 Å². The lowest BCUT2D eigenvalue weighted by atomic mass is 10.2. The molecule has 10 nitrogen and oxygen atoms in total. The minimum atomic E-state index is -3.80. The molecule has 2 aromatic rings. The van der Waals surface area contributed by atoms with Crippen LogP contribution in [0.3, 0.4) is 0 Å². The van der Waals surface area contributed by atoms with Crippen LogP contribution in [0.2, 0.25) is 0 Å². The summed E-state index contributed by atoms with van der Waals surface area (Å²) in [7, 11) is -3.33. The Kier molecular flexibility index (Phi) is 8.61. The first kappa shape index (κ1) is 25.6. The van der Waals surface area contributed by atoms with Gasteiger partial charge >= 0.3 is 0 Å². The Labute approximate surface area is 188 Å². The summed E-state index contributed by atoms with van der Waals surface area (Å²) in [5.74, 6) is 0.307. The Balaban J connectivity index is 2.03. The number of sulfonamides is 2. The summed E-state index contributed by atoms with van der Waals surface area (Å²) >= 11 is 0. The molecular formula is C20H27N3O7S2. The van der Waals surface area contributed by atoms with Crippen LogP contribution in [0.15, 0.2) is 52.3 Å². The van der Waals surface area contributed by atoms with Crippen LogP contribution in [-0.2, 0) is 24.8 Å². The lowest BCUT2D eigenvalue weighted by Gasteiger charge is -2.15. The van der Waals surface area contributed by atoms with Gasteiger partial charge in [0.25, 0.3) is 0 Å². The molecule has 2 N–H and O–H groups in total. The number of rotatable bonds is 11. The van der Waals surface area contributed by atoms with E-state index in [2.05, 4.69) is 10.0 Å². The Morgan fingerprint density at radius 3 is 2.19 bits per heavy atom. The number of methoxy groups -OCH3 is 1. The van der Waals surface area contributed by atoms with E-state index in [1.165, 1.54) is 51.5 Å². The predicted octanol–water partition coefficient (Wildman–Crippen LogP) is 1.65. The Hall–Kier alpha value is -2.67. The summed E-state index contributed by atoms with van der Waals surface area (Å²) in [5.41, 5.74) is 0.162. The molecule has 0 bridgehead atoms. The molecule has 0 spiro atoms. The molecule has 2 aromatic carbocycles. The zero-order valence-corrected chi connectivity index (χ0v) is 19.9. The standard InChI is InChI=1S/C20H27N3O7S2/c1-5-30-15-6-8-16(9-7-15)31(25,26)21-13-12-20(24)22-18-14-17(10-11-19(18)29-4)32(27,28)23(2)3/h6-11,14,21H,5,12-13H2,1-4H3,(H,22,24). The van der Waals surface area contributed by atoms with Gasteiger partial charge in [0, 0.05) is 27.1 Å². The van der Waals surface area contributed by atoms with Crippen LogP contribution < -0.4 is 19.5 Å². The van der Waals surface area contributed by atoms with Crippen molar-refractivity contribution in [2.24, 2.45) is 0 Å². The van der Waals surface area contributed by atoms with E-state index in [-0.39, 0.29) is 34.2 Å². The maximum absolute atomic E-state index is 12.4. The van der Waals surface area contributed by atoms with Crippen LogP contribution >= 0.6 is 0 Å². The van der Waals surface area contributed by atoms with Gasteiger partial charge < -0.3 is 14.8 Å². The second kappa shape index (κ2) is 10.8. The molecule has 32 heavy (non-hydrogen) atoms. The Bertz CT molecular complexity index is 1150. The van der Waals surface area contributed by atoms with E-state index in [4.69, 9.17) is 9.47 Å². The highest BCUT2D eigenvalue weighted by Crippen LogP contribution is 2.28. The summed E-state index contributed by atoms with van der Waals surface area (Å²) in [6, 6.07) is 10.0. The quantitative estimate of drug-likeness (QED) is 0.495. The normalized spacial score (nSPS) is 11.9. The molecule has 0 atom stereocenters. The fraction of sp³-hybridized carbons (Fsp3) is 0.350. The van der Waals surface area contributed by atoms with Crippen LogP contribution in [0.4, 0.5) is 5.69 Å². The van der Waals surface area contributed by atoms with E-state index in [9.17, 15) is 21.6 Å². The minimum Gasteiger partial charge on any atom is -0.495 e. The van der Waals surface area contributed by atoms with E-state index >= 15 is 0 Å². The number of hydrogen-bond donors (Lipinski definition) is 2. The molecule has 0 aliphatic rings. The van der Waals surface area contributed by atoms with Crippen molar-refractivity contribution in [1.82, 2.24) is 9.03 Å². The van der Waals surface area contributed by atoms with Crippen LogP contribution in [0, 0.1) is 0 Å². The largest absolute Gasteiger partial charge is 0.495 e. The number of nitrogens with zero attached hydrogens (tertiary/aromatic N) is 1. The predicted molar refractivity (Wildman–Crippen MR) is 120 cm³/mol. The lowest BCUT2D eigenvalue weighted by molar-refractivity contribution is -0.116. The van der Waals surface area contributed by atoms with Crippen LogP contribution in [0.5, 0.6) is 11.5 Å². The first-order valence-electron chi connectivity index (χ1n) is 9.64. The fourth-order valence-electron chi connectivity index (χ4n) is 2.63. The van der Waals surface area contributed by atoms with E-state index in [1.807, 2.05) is 6.92 Å². The molecule has 0 unspecified atom stereocenters. The SMILES string of the molecule is CCOc1ccc(S(=O)(=O)NCCC(=O)Nc2cc(S(=O)(=O)N(C)C)ccc2OC)cc1. The number of ether oxygens (including phenoxy) is 2. The van der Waals surface area contributed by atoms with Gasteiger partial charge in [0.1, 0.15) is 11.5 Å². The Morgan fingerprint density at radius 1 is 1.00 bits per heavy atom. The highest BCUT2D eigenvalue weighted by Gasteiger charge is 2.20. The average Bonchev–Trinajstić information content (AvgIpc) is 2.74. The van der Waals surface area contributed by atoms with Crippen LogP contribution in [-0.4, -0.2) is 61.4 Å². The molecule has 2 rings (SSSR count). The van der Waals surface area contributed by atoms with E-state index < -0.39 is 26.0 Å². The topological polar surface area (TPSA) is 131 Å². The minimum absolute atomic E-state index is 0.0187. The molecule has 12 heteroatoms. The van der Waals surface area contributed by atoms with Crippen LogP contribution in [0.1, 0.15) is 13.3 Å². The van der Waals surface area contributed by atoms with Crippen molar-refractivity contribution in [1.29, 1.82) is 0 Å². The van der Waals surface area contributed by atoms with Gasteiger partial charge in [-0.15, -0.1) is 0 Å². The molecule has 0 aliphatic carbocycles. The third-order valence-electron chi connectivity index (χ3n) is 4.31. The summed E-state index contributed by atoms with van der Waals surface area (Å²) in [5, 5.41) is 2.56. The molecule has 1 amide bonds. The summed E-state index contributed by atoms with van der Waals surface area (Å²) in [4.78, 5) is 12.4. The van der Waals surface area contributed by atoms with Gasteiger partial charge in [0.2, 0.25) is 26.0 Å². The Morgan fingerprint density at radius 2 is 1.62 bits per heavy atom. The molecular weight excluding hydrogens is 458 g/mol. The molecule has 0 saturated heterocycles. The second-order valence-corrected chi connectivity index (χ2v) is 10.7. The molecule has 0 aromatic heterocycles. The van der Waals surface area contributed by atoms with Gasteiger partial charge in [-0.25, -0.2) is 25.9 Å². The average molecular weight is 486 g/mol. The van der Waals surface area contributed by atoms with Crippen molar-refractivity contribution in [3.8, 4) is 11.5 Å². The number of carbonyl (C=O) groups is 1. The number of amides is 1. The summed E-state index contributed by atoms with van der Waals surface area (Å²) < 4.78 is 63.3. The number of benzene rings is 2. The van der Waals surface area contributed by atoms with Gasteiger partial charge in [0.05, 0.1) is 29.2 Å². The van der Waals surface area contributed by atoms with E-state index in [1.54, 1.807) is 12.1 Å². The monoisotopic (exact) mass is 485 g/mol. The van der Waals surface area contributed by atoms with Gasteiger partial charge in [-0.2, -0.15) is 0 Å². The number of anilines is 1. The van der Waals surface area contributed by atoms with Crippen molar-refractivity contribution in [3.63, 3.8) is 0 Å². The summed E-state index contributed by atoms with van der Waals surface area (Å²) in [6.45, 7) is 2.14. The molecule has 0 saturated carbocycles. The highest BCUT2D eigenvalue weighted by molar-refractivity contribution is 7.89. The molecule has 176 valence electrons. The third-order valence-corrected chi connectivity index (χ3v) is 7.60. The van der Waals surface area contributed by atoms with Gasteiger partial charge in [0.15, 0.2) is 0 Å². The van der Waals surface area contributed by atoms with E-state index in [0.717, 1.165) is 4.31 Å². The zero-order chi connectivity index (χ0) is 23.9. The lowest BCUT2D eigenvalue weighted by Crippen LogP contribution is -2.28. The van der Waals surface area contributed by atoms with Crippen molar-refractivity contribution >= 4 is 31.6 Å². The maximum Gasteiger partial charge on any atom is 0.242 e. The first-order chi connectivity index (χ1) is 15.0. The van der Waals surface area contributed by atoms with Crippen molar-refractivity contribution in [2.75, 3.05) is 39.7 Å². The smallest absolute Gasteiger partial charge is 0.242 e. The fourth-order valence-corrected chi connectivity index (χ4v) is 4.59. The van der Waals surface area contributed by atoms with E-state index in [0.29, 0.717) is 12.4 Å². The molecule has 0 fully saturated rings. The molecule has 0 radical (unpaired) electrons. The zero-order valence-electron chi connectivity index (χ0n) is 18.3. The second-order valence-electron chi connectivity index (χ2n) is 6.75. The highest BCUT2D eigenvalue weighted by atomic mass is 32.2. The van der Waals surface area contributed by atoms with Gasteiger partial charge in [-0.05, 0) is 49.4 Å². The number of carbonyl (C=O) groups excluding carboxylic acids is 1. The first-order valence-corrected chi connectivity index (χ1v) is 12.6. The van der Waals surface area contributed by atoms with Crippen LogP contribution in [0.25, 0.3) is 0 Å². The number of nitrogens with one attached hydrogen (secondary N) is 2. The maximum atomic E-state index is 12.4. The van der Waals surface area contributed by atoms with Gasteiger partial charge in [-0.1, -0.05) is 0 Å². The van der Waals surface area contributed by atoms with Crippen molar-refractivity contribution < 1.29 is 31.1 Å².